The number of ether oxygens (including phenoxy) is 1. The van der Waals surface area contributed by atoms with Gasteiger partial charge >= 0.3 is 0 Å². The zero-order chi connectivity index (χ0) is 12.3. The third kappa shape index (κ3) is 3.70. The van der Waals surface area contributed by atoms with Crippen LogP contribution in [-0.2, 0) is 9.53 Å². The minimum atomic E-state index is -0.132. The lowest BCUT2D eigenvalue weighted by Crippen LogP contribution is -2.45. The number of carbonyl (C=O) groups is 1. The first-order valence-corrected chi connectivity index (χ1v) is 7.01. The highest BCUT2D eigenvalue weighted by atomic mass is 16.5. The molecule has 3 nitrogen and oxygen atoms in total. The van der Waals surface area contributed by atoms with Gasteiger partial charge in [-0.2, -0.15) is 0 Å². The maximum absolute atomic E-state index is 12.2. The Kier molecular flexibility index (Phi) is 4.08. The largest absolute Gasteiger partial charge is 0.376 e. The van der Waals surface area contributed by atoms with E-state index in [1.807, 2.05) is 0 Å². The molecule has 2 aliphatic rings. The van der Waals surface area contributed by atoms with E-state index in [0.717, 1.165) is 19.4 Å². The Labute approximate surface area is 104 Å². The minimum Gasteiger partial charge on any atom is -0.376 e. The molecular formula is C14H25NO2. The van der Waals surface area contributed by atoms with Crippen LogP contribution in [0.4, 0.5) is 0 Å². The summed E-state index contributed by atoms with van der Waals surface area (Å²) in [6.07, 6.45) is 7.93. The topological polar surface area (TPSA) is 38.3 Å². The van der Waals surface area contributed by atoms with Crippen molar-refractivity contribution in [2.45, 2.75) is 70.4 Å². The van der Waals surface area contributed by atoms with Gasteiger partial charge < -0.3 is 10.1 Å². The molecule has 2 fully saturated rings. The van der Waals surface area contributed by atoms with E-state index in [2.05, 4.69) is 19.2 Å². The van der Waals surface area contributed by atoms with E-state index in [4.69, 9.17) is 4.74 Å². The van der Waals surface area contributed by atoms with Crippen molar-refractivity contribution in [3.63, 3.8) is 0 Å². The van der Waals surface area contributed by atoms with Crippen molar-refractivity contribution >= 4 is 5.91 Å². The zero-order valence-corrected chi connectivity index (χ0v) is 11.1. The summed E-state index contributed by atoms with van der Waals surface area (Å²) in [7, 11) is 0. The van der Waals surface area contributed by atoms with Crippen LogP contribution < -0.4 is 5.32 Å². The number of hydrogen-bond acceptors (Lipinski definition) is 2. The van der Waals surface area contributed by atoms with Crippen molar-refractivity contribution in [1.82, 2.24) is 5.32 Å². The standard InChI is InChI=1S/C14H25NO2/c1-14(2)10-11(8-9-17-14)13(16)15-12-6-4-3-5-7-12/h11-12H,3-10H2,1-2H3,(H,15,16)/t11-/m0/s1. The molecule has 1 amide bonds. The number of hydrogen-bond donors (Lipinski definition) is 1. The molecule has 0 aromatic carbocycles. The fourth-order valence-electron chi connectivity index (χ4n) is 3.02. The van der Waals surface area contributed by atoms with Crippen LogP contribution in [-0.4, -0.2) is 24.2 Å². The lowest BCUT2D eigenvalue weighted by atomic mass is 9.87. The molecular weight excluding hydrogens is 214 g/mol. The summed E-state index contributed by atoms with van der Waals surface area (Å²) in [5.74, 6) is 0.411. The minimum absolute atomic E-state index is 0.132. The van der Waals surface area contributed by atoms with E-state index >= 15 is 0 Å². The number of carbonyl (C=O) groups excluding carboxylic acids is 1. The van der Waals surface area contributed by atoms with Gasteiger partial charge in [-0.1, -0.05) is 19.3 Å². The molecule has 1 aliphatic heterocycles. The van der Waals surface area contributed by atoms with Gasteiger partial charge in [0.2, 0.25) is 5.91 Å². The SMILES string of the molecule is CC1(C)C[C@@H](C(=O)NC2CCCCC2)CCO1. The molecule has 1 saturated carbocycles. The lowest BCUT2D eigenvalue weighted by Gasteiger charge is -2.35. The highest BCUT2D eigenvalue weighted by molar-refractivity contribution is 5.79. The van der Waals surface area contributed by atoms with Gasteiger partial charge in [0, 0.05) is 18.6 Å². The summed E-state index contributed by atoms with van der Waals surface area (Å²) in [4.78, 5) is 12.2. The summed E-state index contributed by atoms with van der Waals surface area (Å²) in [6.45, 7) is 4.87. The Morgan fingerprint density at radius 3 is 2.53 bits per heavy atom. The highest BCUT2D eigenvalue weighted by Crippen LogP contribution is 2.29. The maximum Gasteiger partial charge on any atom is 0.223 e. The average molecular weight is 239 g/mol. The first-order chi connectivity index (χ1) is 8.07. The third-order valence-electron chi connectivity index (χ3n) is 4.02. The predicted molar refractivity (Wildman–Crippen MR) is 67.8 cm³/mol. The molecule has 0 spiro atoms. The number of rotatable bonds is 2. The molecule has 1 aliphatic carbocycles. The van der Waals surface area contributed by atoms with Crippen molar-refractivity contribution in [3.8, 4) is 0 Å². The van der Waals surface area contributed by atoms with Crippen molar-refractivity contribution in [2.24, 2.45) is 5.92 Å². The van der Waals surface area contributed by atoms with Gasteiger partial charge in [-0.15, -0.1) is 0 Å². The molecule has 0 radical (unpaired) electrons. The second-order valence-electron chi connectivity index (χ2n) is 6.14. The molecule has 2 rings (SSSR count). The van der Waals surface area contributed by atoms with Gasteiger partial charge in [0.25, 0.3) is 0 Å². The Bertz CT molecular complexity index is 269. The van der Waals surface area contributed by atoms with Gasteiger partial charge in [0.1, 0.15) is 0 Å². The Hall–Kier alpha value is -0.570. The normalized spacial score (nSPS) is 29.9. The molecule has 0 bridgehead atoms. The van der Waals surface area contributed by atoms with Crippen molar-refractivity contribution in [3.05, 3.63) is 0 Å². The van der Waals surface area contributed by atoms with Gasteiger partial charge in [-0.3, -0.25) is 4.79 Å². The molecule has 0 aromatic rings. The molecule has 1 saturated heterocycles. The Morgan fingerprint density at radius 1 is 1.18 bits per heavy atom. The van der Waals surface area contributed by atoms with Crippen LogP contribution >= 0.6 is 0 Å². The molecule has 17 heavy (non-hydrogen) atoms. The molecule has 3 heteroatoms. The third-order valence-corrected chi connectivity index (χ3v) is 4.02. The second-order valence-corrected chi connectivity index (χ2v) is 6.14. The van der Waals surface area contributed by atoms with Gasteiger partial charge in [-0.05, 0) is 39.5 Å². The first-order valence-electron chi connectivity index (χ1n) is 7.01. The van der Waals surface area contributed by atoms with Crippen LogP contribution in [0.15, 0.2) is 0 Å². The Balaban J connectivity index is 1.82. The monoisotopic (exact) mass is 239 g/mol. The fraction of sp³-hybridized carbons (Fsp3) is 0.929. The summed E-state index contributed by atoms with van der Waals surface area (Å²) in [5, 5.41) is 3.23. The number of amides is 1. The zero-order valence-electron chi connectivity index (χ0n) is 11.1. The predicted octanol–water partition coefficient (Wildman–Crippen LogP) is 2.64. The van der Waals surface area contributed by atoms with Crippen molar-refractivity contribution < 1.29 is 9.53 Å². The van der Waals surface area contributed by atoms with Gasteiger partial charge in [-0.25, -0.2) is 0 Å². The van der Waals surface area contributed by atoms with Crippen LogP contribution in [0.3, 0.4) is 0 Å². The summed E-state index contributed by atoms with van der Waals surface area (Å²) >= 11 is 0. The van der Waals surface area contributed by atoms with Crippen molar-refractivity contribution in [1.29, 1.82) is 0 Å². The first kappa shape index (κ1) is 12.9. The van der Waals surface area contributed by atoms with E-state index in [9.17, 15) is 4.79 Å². The highest BCUT2D eigenvalue weighted by Gasteiger charge is 2.33. The summed E-state index contributed by atoms with van der Waals surface area (Å²) in [5.41, 5.74) is -0.132. The second kappa shape index (κ2) is 5.38. The van der Waals surface area contributed by atoms with Crippen LogP contribution in [0.5, 0.6) is 0 Å². The maximum atomic E-state index is 12.2. The van der Waals surface area contributed by atoms with Crippen LogP contribution in [0.2, 0.25) is 0 Å². The number of nitrogens with one attached hydrogen (secondary N) is 1. The lowest BCUT2D eigenvalue weighted by molar-refractivity contribution is -0.136. The van der Waals surface area contributed by atoms with Gasteiger partial charge in [0.05, 0.1) is 5.60 Å². The molecule has 1 heterocycles. The molecule has 1 atom stereocenters. The molecule has 1 N–H and O–H groups in total. The molecule has 0 unspecified atom stereocenters. The van der Waals surface area contributed by atoms with E-state index < -0.39 is 0 Å². The average Bonchev–Trinajstić information content (AvgIpc) is 2.29. The Morgan fingerprint density at radius 2 is 1.88 bits per heavy atom. The summed E-state index contributed by atoms with van der Waals surface area (Å²) in [6, 6.07) is 0.433. The van der Waals surface area contributed by atoms with E-state index in [1.54, 1.807) is 0 Å². The summed E-state index contributed by atoms with van der Waals surface area (Å²) < 4.78 is 5.66. The van der Waals surface area contributed by atoms with Gasteiger partial charge in [0.15, 0.2) is 0 Å². The van der Waals surface area contributed by atoms with E-state index in [-0.39, 0.29) is 17.4 Å². The van der Waals surface area contributed by atoms with Crippen LogP contribution in [0, 0.1) is 5.92 Å². The smallest absolute Gasteiger partial charge is 0.223 e. The van der Waals surface area contributed by atoms with E-state index in [1.165, 1.54) is 32.1 Å². The van der Waals surface area contributed by atoms with E-state index in [0.29, 0.717) is 6.04 Å². The molecule has 0 aromatic heterocycles. The van der Waals surface area contributed by atoms with Crippen LogP contribution in [0.1, 0.15) is 58.8 Å². The van der Waals surface area contributed by atoms with Crippen LogP contribution in [0.25, 0.3) is 0 Å². The quantitative estimate of drug-likeness (QED) is 0.804. The fourth-order valence-corrected chi connectivity index (χ4v) is 3.02. The van der Waals surface area contributed by atoms with Crippen molar-refractivity contribution in [2.75, 3.05) is 6.61 Å². The molecule has 98 valence electrons.